The van der Waals surface area contributed by atoms with Gasteiger partial charge >= 0.3 is 12.1 Å². The first-order valence-corrected chi connectivity index (χ1v) is 7.09. The van der Waals surface area contributed by atoms with Crippen LogP contribution in [0.25, 0.3) is 10.4 Å². The second-order valence-electron chi connectivity index (χ2n) is 5.78. The number of benzene rings is 1. The van der Waals surface area contributed by atoms with Gasteiger partial charge in [0.25, 0.3) is 5.69 Å². The summed E-state index contributed by atoms with van der Waals surface area (Å²) in [6.45, 7) is 4.57. The fourth-order valence-corrected chi connectivity index (χ4v) is 1.58. The number of hydrogen-bond donors (Lipinski definition) is 1. The van der Waals surface area contributed by atoms with Gasteiger partial charge in [-0.2, -0.15) is 0 Å². The Kier molecular flexibility index (Phi) is 6.71. The van der Waals surface area contributed by atoms with Crippen molar-refractivity contribution < 1.29 is 24.0 Å². The van der Waals surface area contributed by atoms with E-state index in [1.165, 1.54) is 12.1 Å². The number of carbonyl (C=O) groups is 2. The molecule has 11 nitrogen and oxygen atoms in total. The van der Waals surface area contributed by atoms with Crippen molar-refractivity contribution in [1.82, 2.24) is 5.32 Å². The lowest BCUT2D eigenvalue weighted by Gasteiger charge is -2.23. The van der Waals surface area contributed by atoms with Gasteiger partial charge in [-0.1, -0.05) is 5.11 Å². The maximum Gasteiger partial charge on any atom is 0.413 e. The molecule has 0 fully saturated rings. The van der Waals surface area contributed by atoms with Gasteiger partial charge in [-0.05, 0) is 38.4 Å². The fourth-order valence-electron chi connectivity index (χ4n) is 1.58. The zero-order chi connectivity index (χ0) is 19.0. The van der Waals surface area contributed by atoms with Crippen molar-refractivity contribution in [2.45, 2.75) is 32.4 Å². The molecule has 0 bridgehead atoms. The highest BCUT2D eigenvalue weighted by atomic mass is 16.6. The Hall–Kier alpha value is -3.33. The zero-order valence-corrected chi connectivity index (χ0v) is 13.8. The number of nitro groups is 1. The maximum absolute atomic E-state index is 12.0. The van der Waals surface area contributed by atoms with E-state index in [4.69, 9.17) is 15.0 Å². The third-order valence-corrected chi connectivity index (χ3v) is 2.57. The van der Waals surface area contributed by atoms with Gasteiger partial charge in [-0.25, -0.2) is 9.59 Å². The van der Waals surface area contributed by atoms with E-state index in [0.717, 1.165) is 12.1 Å². The molecule has 1 N–H and O–H groups in total. The number of azide groups is 1. The number of amides is 1. The van der Waals surface area contributed by atoms with Crippen LogP contribution in [0.2, 0.25) is 0 Å². The maximum atomic E-state index is 12.0. The molecule has 1 amide bonds. The second kappa shape index (κ2) is 8.50. The summed E-state index contributed by atoms with van der Waals surface area (Å²) in [5.74, 6) is -0.754. The molecule has 25 heavy (non-hydrogen) atoms. The lowest BCUT2D eigenvalue weighted by molar-refractivity contribution is -0.384. The number of non-ortho nitro benzene ring substituents is 1. The summed E-state index contributed by atoms with van der Waals surface area (Å²) in [6.07, 6.45) is -1.00. The summed E-state index contributed by atoms with van der Waals surface area (Å²) in [7, 11) is 0. The van der Waals surface area contributed by atoms with E-state index in [9.17, 15) is 19.7 Å². The van der Waals surface area contributed by atoms with Crippen LogP contribution in [0.5, 0.6) is 5.75 Å². The SMILES string of the molecule is CC(C)(C)OC(=O)[C@@H](CN=[N+]=[N-])NC(=O)Oc1ccc([N+](=O)[O-])cc1. The zero-order valence-electron chi connectivity index (χ0n) is 13.8. The van der Waals surface area contributed by atoms with E-state index in [0.29, 0.717) is 0 Å². The molecule has 0 aliphatic carbocycles. The van der Waals surface area contributed by atoms with Crippen molar-refractivity contribution in [3.8, 4) is 5.75 Å². The molecule has 1 rings (SSSR count). The van der Waals surface area contributed by atoms with Crippen LogP contribution in [-0.2, 0) is 9.53 Å². The Bertz CT molecular complexity index is 691. The molecule has 0 saturated heterocycles. The third-order valence-electron chi connectivity index (χ3n) is 2.57. The molecule has 0 radical (unpaired) electrons. The molecule has 0 unspecified atom stereocenters. The predicted molar refractivity (Wildman–Crippen MR) is 85.9 cm³/mol. The number of rotatable bonds is 6. The predicted octanol–water partition coefficient (Wildman–Crippen LogP) is 2.70. The van der Waals surface area contributed by atoms with Crippen molar-refractivity contribution >= 4 is 17.7 Å². The minimum Gasteiger partial charge on any atom is -0.458 e. The molecule has 0 aliphatic heterocycles. The first-order valence-electron chi connectivity index (χ1n) is 7.09. The van der Waals surface area contributed by atoms with Crippen molar-refractivity contribution in [3.63, 3.8) is 0 Å². The summed E-state index contributed by atoms with van der Waals surface area (Å²) in [4.78, 5) is 36.4. The molecule has 1 atom stereocenters. The lowest BCUT2D eigenvalue weighted by Crippen LogP contribution is -2.47. The average molecular weight is 351 g/mol. The van der Waals surface area contributed by atoms with Gasteiger partial charge in [-0.3, -0.25) is 10.1 Å². The van der Waals surface area contributed by atoms with Gasteiger partial charge in [0.05, 0.1) is 11.5 Å². The Labute approximate surface area is 142 Å². The number of nitrogens with zero attached hydrogens (tertiary/aromatic N) is 4. The summed E-state index contributed by atoms with van der Waals surface area (Å²) in [5.41, 5.74) is 7.42. The Balaban J connectivity index is 2.75. The monoisotopic (exact) mass is 351 g/mol. The Morgan fingerprint density at radius 1 is 1.36 bits per heavy atom. The van der Waals surface area contributed by atoms with Crippen molar-refractivity contribution in [1.29, 1.82) is 0 Å². The van der Waals surface area contributed by atoms with Crippen LogP contribution in [0, 0.1) is 10.1 Å². The Morgan fingerprint density at radius 3 is 2.44 bits per heavy atom. The molecule has 0 aliphatic rings. The average Bonchev–Trinajstić information content (AvgIpc) is 2.50. The molecule has 134 valence electrons. The number of esters is 1. The molecule has 11 heteroatoms. The van der Waals surface area contributed by atoms with Crippen molar-refractivity contribution in [2.75, 3.05) is 6.54 Å². The largest absolute Gasteiger partial charge is 0.458 e. The lowest BCUT2D eigenvalue weighted by atomic mass is 10.2. The van der Waals surface area contributed by atoms with Crippen molar-refractivity contribution in [2.24, 2.45) is 5.11 Å². The number of hydrogen-bond acceptors (Lipinski definition) is 7. The topological polar surface area (TPSA) is 157 Å². The summed E-state index contributed by atoms with van der Waals surface area (Å²) >= 11 is 0. The van der Waals surface area contributed by atoms with Gasteiger partial charge < -0.3 is 14.8 Å². The minimum atomic E-state index is -1.24. The molecule has 0 saturated carbocycles. The van der Waals surface area contributed by atoms with Crippen molar-refractivity contribution in [3.05, 3.63) is 44.8 Å². The Morgan fingerprint density at radius 2 is 1.96 bits per heavy atom. The van der Waals surface area contributed by atoms with E-state index in [1.54, 1.807) is 20.8 Å². The first kappa shape index (κ1) is 19.7. The normalized spacial score (nSPS) is 11.6. The molecular formula is C14H17N5O6. The highest BCUT2D eigenvalue weighted by molar-refractivity contribution is 5.82. The van der Waals surface area contributed by atoms with Crippen LogP contribution < -0.4 is 10.1 Å². The molecule has 1 aromatic rings. The fraction of sp³-hybridized carbons (Fsp3) is 0.429. The van der Waals surface area contributed by atoms with Gasteiger partial charge in [0.15, 0.2) is 0 Å². The smallest absolute Gasteiger partial charge is 0.413 e. The van der Waals surface area contributed by atoms with E-state index >= 15 is 0 Å². The summed E-state index contributed by atoms with van der Waals surface area (Å²) in [6, 6.07) is 3.55. The van der Waals surface area contributed by atoms with Gasteiger partial charge in [0, 0.05) is 17.0 Å². The molecule has 0 spiro atoms. The number of carbonyl (C=O) groups excluding carboxylic acids is 2. The summed E-state index contributed by atoms with van der Waals surface area (Å²) in [5, 5.41) is 16.0. The number of nitro benzene ring substituents is 1. The molecule has 0 aromatic heterocycles. The van der Waals surface area contributed by atoms with Crippen LogP contribution in [-0.4, -0.2) is 35.2 Å². The molecule has 1 aromatic carbocycles. The quantitative estimate of drug-likeness (QED) is 0.207. The minimum absolute atomic E-state index is 0.0369. The van der Waals surface area contributed by atoms with Gasteiger partial charge in [-0.15, -0.1) is 0 Å². The van der Waals surface area contributed by atoms with Crippen LogP contribution in [0.15, 0.2) is 29.4 Å². The second-order valence-corrected chi connectivity index (χ2v) is 5.78. The van der Waals surface area contributed by atoms with E-state index < -0.39 is 28.6 Å². The van der Waals surface area contributed by atoms with Crippen LogP contribution in [0.4, 0.5) is 10.5 Å². The number of ether oxygens (including phenoxy) is 2. The molecule has 0 heterocycles. The van der Waals surface area contributed by atoms with Crippen LogP contribution in [0.3, 0.4) is 0 Å². The van der Waals surface area contributed by atoms with E-state index in [1.807, 2.05) is 0 Å². The van der Waals surface area contributed by atoms with Gasteiger partial charge in [0.2, 0.25) is 0 Å². The van der Waals surface area contributed by atoms with E-state index in [2.05, 4.69) is 15.3 Å². The standard InChI is InChI=1S/C14H17N5O6/c1-14(2,3)25-12(20)11(8-16-18-15)17-13(21)24-10-6-4-9(5-7-10)19(22)23/h4-7,11H,8H2,1-3H3,(H,17,21)/t11-/m1/s1. The third kappa shape index (κ3) is 7.18. The highest BCUT2D eigenvalue weighted by Gasteiger charge is 2.27. The van der Waals surface area contributed by atoms with E-state index in [-0.39, 0.29) is 18.0 Å². The first-order chi connectivity index (χ1) is 11.6. The van der Waals surface area contributed by atoms with Gasteiger partial charge in [0.1, 0.15) is 17.4 Å². The number of nitrogens with one attached hydrogen (secondary N) is 1. The molecular weight excluding hydrogens is 334 g/mol. The highest BCUT2D eigenvalue weighted by Crippen LogP contribution is 2.17. The summed E-state index contributed by atoms with van der Waals surface area (Å²) < 4.78 is 10.0. The van der Waals surface area contributed by atoms with Crippen LogP contribution >= 0.6 is 0 Å². The van der Waals surface area contributed by atoms with Crippen LogP contribution in [0.1, 0.15) is 20.8 Å².